The first-order valence-corrected chi connectivity index (χ1v) is 10.00. The number of aromatic nitrogens is 3. The van der Waals surface area contributed by atoms with Crippen molar-refractivity contribution >= 4 is 22.5 Å². The van der Waals surface area contributed by atoms with Gasteiger partial charge in [-0.1, -0.05) is 12.1 Å². The highest BCUT2D eigenvalue weighted by Crippen LogP contribution is 2.24. The second-order valence-electron chi connectivity index (χ2n) is 7.00. The number of likely N-dealkylation sites (N-methyl/N-ethyl adjacent to an activating group) is 1. The van der Waals surface area contributed by atoms with Crippen molar-refractivity contribution in [2.24, 2.45) is 0 Å². The van der Waals surface area contributed by atoms with Gasteiger partial charge in [0.25, 0.3) is 0 Å². The lowest BCUT2D eigenvalue weighted by molar-refractivity contribution is -0.131. The molecule has 0 saturated carbocycles. The molecule has 2 heterocycles. The van der Waals surface area contributed by atoms with Crippen molar-refractivity contribution in [1.29, 1.82) is 0 Å². The highest BCUT2D eigenvalue weighted by Gasteiger charge is 2.18. The van der Waals surface area contributed by atoms with Gasteiger partial charge >= 0.3 is 5.69 Å². The molecule has 0 atom stereocenters. The topological polar surface area (TPSA) is 68.8 Å². The van der Waals surface area contributed by atoms with Crippen molar-refractivity contribution in [1.82, 2.24) is 18.9 Å². The number of rotatable bonds is 6. The number of benzene rings is 2. The number of amides is 1. The summed E-state index contributed by atoms with van der Waals surface area (Å²) in [4.78, 5) is 32.5. The van der Waals surface area contributed by atoms with Gasteiger partial charge in [-0.15, -0.1) is 0 Å². The van der Waals surface area contributed by atoms with Gasteiger partial charge in [0.15, 0.2) is 5.65 Å². The van der Waals surface area contributed by atoms with Crippen LogP contribution in [0.5, 0.6) is 5.75 Å². The van der Waals surface area contributed by atoms with Crippen molar-refractivity contribution in [3.05, 3.63) is 65.2 Å². The molecule has 7 nitrogen and oxygen atoms in total. The van der Waals surface area contributed by atoms with E-state index in [2.05, 4.69) is 0 Å². The number of carbonyl (C=O) groups is 1. The average molecular weight is 404 g/mol. The first kappa shape index (κ1) is 19.7. The molecule has 0 bridgehead atoms. The summed E-state index contributed by atoms with van der Waals surface area (Å²) in [5.74, 6) is 0.673. The molecule has 4 rings (SSSR count). The highest BCUT2D eigenvalue weighted by atomic mass is 16.5. The fraction of sp³-hybridized carbons (Fsp3) is 0.261. The Bertz CT molecular complexity index is 1270. The van der Waals surface area contributed by atoms with Crippen LogP contribution in [0, 0.1) is 0 Å². The zero-order valence-electron chi connectivity index (χ0n) is 17.3. The van der Waals surface area contributed by atoms with Crippen molar-refractivity contribution in [3.8, 4) is 17.0 Å². The predicted octanol–water partition coefficient (Wildman–Crippen LogP) is 3.19. The number of hydrogen-bond acceptors (Lipinski definition) is 4. The predicted molar refractivity (Wildman–Crippen MR) is 117 cm³/mol. The van der Waals surface area contributed by atoms with Crippen molar-refractivity contribution in [2.75, 3.05) is 20.2 Å². The van der Waals surface area contributed by atoms with Crippen LogP contribution in [0.1, 0.15) is 13.8 Å². The van der Waals surface area contributed by atoms with E-state index in [1.807, 2.05) is 62.4 Å². The van der Waals surface area contributed by atoms with Crippen LogP contribution in [-0.2, 0) is 11.3 Å². The molecule has 0 aliphatic rings. The molecule has 0 N–H and O–H groups in total. The Morgan fingerprint density at radius 3 is 2.43 bits per heavy atom. The highest BCUT2D eigenvalue weighted by molar-refractivity contribution is 5.93. The number of hydrogen-bond donors (Lipinski definition) is 0. The summed E-state index contributed by atoms with van der Waals surface area (Å²) < 4.78 is 8.27. The van der Waals surface area contributed by atoms with Gasteiger partial charge in [-0.05, 0) is 50.2 Å². The first-order valence-electron chi connectivity index (χ1n) is 10.00. The number of para-hydroxylation sites is 1. The van der Waals surface area contributed by atoms with Crippen LogP contribution in [0.4, 0.5) is 0 Å². The molecule has 0 saturated heterocycles. The molecule has 2 aromatic heterocycles. The Morgan fingerprint density at radius 1 is 1.07 bits per heavy atom. The minimum Gasteiger partial charge on any atom is -0.497 e. The Hall–Kier alpha value is -3.61. The SMILES string of the molecule is CCN(CC)C(=O)Cn1c(=O)n2cc(-c3ccc(OC)cc3)nc2c2ccccc21. The Morgan fingerprint density at radius 2 is 1.77 bits per heavy atom. The molecule has 0 fully saturated rings. The molecule has 0 spiro atoms. The zero-order valence-corrected chi connectivity index (χ0v) is 17.3. The third-order valence-corrected chi connectivity index (χ3v) is 5.37. The molecule has 2 aromatic carbocycles. The van der Waals surface area contributed by atoms with Crippen LogP contribution in [0.3, 0.4) is 0 Å². The molecule has 30 heavy (non-hydrogen) atoms. The van der Waals surface area contributed by atoms with Crippen LogP contribution < -0.4 is 10.4 Å². The van der Waals surface area contributed by atoms with E-state index >= 15 is 0 Å². The molecule has 1 amide bonds. The lowest BCUT2D eigenvalue weighted by atomic mass is 10.2. The first-order chi connectivity index (χ1) is 14.6. The van der Waals surface area contributed by atoms with E-state index in [9.17, 15) is 9.59 Å². The van der Waals surface area contributed by atoms with Gasteiger partial charge in [-0.3, -0.25) is 13.8 Å². The van der Waals surface area contributed by atoms with E-state index in [-0.39, 0.29) is 18.1 Å². The molecule has 154 valence electrons. The van der Waals surface area contributed by atoms with Crippen molar-refractivity contribution < 1.29 is 9.53 Å². The normalized spacial score (nSPS) is 11.2. The van der Waals surface area contributed by atoms with Crippen molar-refractivity contribution in [3.63, 3.8) is 0 Å². The number of imidazole rings is 1. The standard InChI is InChI=1S/C23H24N4O3/c1-4-25(5-2)21(28)15-26-20-9-7-6-8-18(20)22-24-19(14-27(22)23(26)29)16-10-12-17(30-3)13-11-16/h6-14H,4-5,15H2,1-3H3. The Labute approximate surface area is 174 Å². The number of methoxy groups -OCH3 is 1. The van der Waals surface area contributed by atoms with E-state index in [1.54, 1.807) is 18.2 Å². The summed E-state index contributed by atoms with van der Waals surface area (Å²) in [6, 6.07) is 15.1. The third-order valence-electron chi connectivity index (χ3n) is 5.37. The summed E-state index contributed by atoms with van der Waals surface area (Å²) in [6.07, 6.45) is 1.73. The van der Waals surface area contributed by atoms with Gasteiger partial charge < -0.3 is 9.64 Å². The van der Waals surface area contributed by atoms with Gasteiger partial charge in [0.05, 0.1) is 18.3 Å². The largest absolute Gasteiger partial charge is 0.497 e. The van der Waals surface area contributed by atoms with Gasteiger partial charge in [0, 0.05) is 30.2 Å². The lowest BCUT2D eigenvalue weighted by Gasteiger charge is -2.20. The zero-order chi connectivity index (χ0) is 21.3. The molecule has 7 heteroatoms. The van der Waals surface area contributed by atoms with E-state index < -0.39 is 0 Å². The maximum atomic E-state index is 13.3. The monoisotopic (exact) mass is 404 g/mol. The Kier molecular flexibility index (Phi) is 5.27. The van der Waals surface area contributed by atoms with E-state index in [1.165, 1.54) is 8.97 Å². The Balaban J connectivity index is 1.89. The van der Waals surface area contributed by atoms with Gasteiger partial charge in [0.2, 0.25) is 5.91 Å². The maximum Gasteiger partial charge on any atom is 0.334 e. The number of nitrogens with zero attached hydrogens (tertiary/aromatic N) is 4. The number of carbonyl (C=O) groups excluding carboxylic acids is 1. The van der Waals surface area contributed by atoms with E-state index in [0.29, 0.717) is 29.9 Å². The van der Waals surface area contributed by atoms with Gasteiger partial charge in [-0.2, -0.15) is 0 Å². The summed E-state index contributed by atoms with van der Waals surface area (Å²) in [5.41, 5.74) is 2.56. The van der Waals surface area contributed by atoms with Crippen LogP contribution >= 0.6 is 0 Å². The van der Waals surface area contributed by atoms with E-state index in [4.69, 9.17) is 9.72 Å². The minimum atomic E-state index is -0.281. The molecule has 4 aromatic rings. The summed E-state index contributed by atoms with van der Waals surface area (Å²) in [6.45, 7) is 5.08. The maximum absolute atomic E-state index is 13.3. The van der Waals surface area contributed by atoms with E-state index in [0.717, 1.165) is 16.7 Å². The van der Waals surface area contributed by atoms with Gasteiger partial charge in [0.1, 0.15) is 12.3 Å². The fourth-order valence-electron chi connectivity index (χ4n) is 3.71. The number of ether oxygens (including phenoxy) is 1. The summed E-state index contributed by atoms with van der Waals surface area (Å²) >= 11 is 0. The van der Waals surface area contributed by atoms with Crippen LogP contribution in [-0.4, -0.2) is 45.0 Å². The number of fused-ring (bicyclic) bond motifs is 3. The summed E-state index contributed by atoms with van der Waals surface area (Å²) in [7, 11) is 1.62. The third kappa shape index (κ3) is 3.32. The fourth-order valence-corrected chi connectivity index (χ4v) is 3.71. The molecular weight excluding hydrogens is 380 g/mol. The smallest absolute Gasteiger partial charge is 0.334 e. The molecule has 0 unspecified atom stereocenters. The summed E-state index contributed by atoms with van der Waals surface area (Å²) in [5, 5.41) is 0.823. The molecule has 0 radical (unpaired) electrons. The van der Waals surface area contributed by atoms with Crippen LogP contribution in [0.15, 0.2) is 59.5 Å². The second-order valence-corrected chi connectivity index (χ2v) is 7.00. The quantitative estimate of drug-likeness (QED) is 0.495. The van der Waals surface area contributed by atoms with Crippen molar-refractivity contribution in [2.45, 2.75) is 20.4 Å². The average Bonchev–Trinajstić information content (AvgIpc) is 3.23. The molecule has 0 aliphatic carbocycles. The van der Waals surface area contributed by atoms with Crippen LogP contribution in [0.2, 0.25) is 0 Å². The second kappa shape index (κ2) is 8.02. The molecule has 0 aliphatic heterocycles. The lowest BCUT2D eigenvalue weighted by Crippen LogP contribution is -2.37. The minimum absolute atomic E-state index is 0.00693. The molecular formula is C23H24N4O3. The van der Waals surface area contributed by atoms with Crippen LogP contribution in [0.25, 0.3) is 27.8 Å². The van der Waals surface area contributed by atoms with Gasteiger partial charge in [-0.25, -0.2) is 9.78 Å².